The van der Waals surface area contributed by atoms with E-state index in [0.29, 0.717) is 5.69 Å². The van der Waals surface area contributed by atoms with Gasteiger partial charge in [0.05, 0.1) is 19.4 Å². The second-order valence-corrected chi connectivity index (χ2v) is 6.24. The fourth-order valence-electron chi connectivity index (χ4n) is 3.16. The van der Waals surface area contributed by atoms with Gasteiger partial charge >= 0.3 is 0 Å². The monoisotopic (exact) mass is 352 g/mol. The van der Waals surface area contributed by atoms with Crippen LogP contribution in [0.3, 0.4) is 0 Å². The smallest absolute Gasteiger partial charge is 0.150 e. The summed E-state index contributed by atoms with van der Waals surface area (Å²) >= 11 is 0. The fourth-order valence-corrected chi connectivity index (χ4v) is 3.16. The minimum atomic E-state index is -0.0527. The number of hydrogen-bond donors (Lipinski definition) is 2. The first-order chi connectivity index (χ1) is 12.7. The molecule has 0 unspecified atom stereocenters. The molecule has 3 aromatic rings. The van der Waals surface area contributed by atoms with Crippen LogP contribution in [-0.4, -0.2) is 56.4 Å². The number of rotatable bonds is 4. The van der Waals surface area contributed by atoms with Gasteiger partial charge in [-0.1, -0.05) is 35.5 Å². The van der Waals surface area contributed by atoms with Crippen molar-refractivity contribution < 1.29 is 14.9 Å². The molecule has 2 heterocycles. The number of aromatic hydroxyl groups is 2. The molecule has 1 aliphatic rings. The lowest BCUT2D eigenvalue weighted by Crippen LogP contribution is -2.35. The van der Waals surface area contributed by atoms with E-state index in [0.717, 1.165) is 44.0 Å². The van der Waals surface area contributed by atoms with Crippen LogP contribution in [0, 0.1) is 0 Å². The second-order valence-electron chi connectivity index (χ2n) is 6.24. The van der Waals surface area contributed by atoms with Gasteiger partial charge in [-0.25, -0.2) is 4.68 Å². The number of benzene rings is 2. The van der Waals surface area contributed by atoms with Gasteiger partial charge < -0.3 is 14.9 Å². The molecule has 2 aromatic carbocycles. The van der Waals surface area contributed by atoms with E-state index in [2.05, 4.69) is 21.3 Å². The van der Waals surface area contributed by atoms with Crippen molar-refractivity contribution in [2.45, 2.75) is 6.54 Å². The summed E-state index contributed by atoms with van der Waals surface area (Å²) in [6, 6.07) is 12.7. The number of para-hydroxylation sites is 1. The average Bonchev–Trinajstić information content (AvgIpc) is 3.12. The number of nitrogens with zero attached hydrogens (tertiary/aromatic N) is 4. The first kappa shape index (κ1) is 16.6. The molecule has 4 rings (SSSR count). The summed E-state index contributed by atoms with van der Waals surface area (Å²) in [5, 5.41) is 28.4. The third-order valence-corrected chi connectivity index (χ3v) is 4.51. The van der Waals surface area contributed by atoms with Crippen molar-refractivity contribution in [3.63, 3.8) is 0 Å². The Kier molecular flexibility index (Phi) is 4.55. The highest BCUT2D eigenvalue weighted by molar-refractivity contribution is 5.64. The van der Waals surface area contributed by atoms with Gasteiger partial charge in [0.2, 0.25) is 0 Å². The Balaban J connectivity index is 1.66. The Labute approximate surface area is 151 Å². The van der Waals surface area contributed by atoms with Crippen LogP contribution in [0.25, 0.3) is 16.9 Å². The van der Waals surface area contributed by atoms with E-state index >= 15 is 0 Å². The van der Waals surface area contributed by atoms with Crippen molar-refractivity contribution in [2.75, 3.05) is 26.3 Å². The number of phenols is 2. The molecular weight excluding hydrogens is 332 g/mol. The van der Waals surface area contributed by atoms with Crippen molar-refractivity contribution in [3.05, 3.63) is 54.2 Å². The normalized spacial score (nSPS) is 15.2. The minimum absolute atomic E-state index is 0.0527. The van der Waals surface area contributed by atoms with Crippen LogP contribution in [0.2, 0.25) is 0 Å². The molecule has 1 aliphatic heterocycles. The number of aromatic nitrogens is 3. The second kappa shape index (κ2) is 7.15. The van der Waals surface area contributed by atoms with Gasteiger partial charge in [0.15, 0.2) is 0 Å². The Bertz CT molecular complexity index is 883. The molecule has 1 fully saturated rings. The Morgan fingerprint density at radius 2 is 1.69 bits per heavy atom. The topological polar surface area (TPSA) is 83.6 Å². The standard InChI is InChI=1S/C19H20N4O3/c24-17-6-3-7-18(25)19(17)23-13-16(20-21-23)15-5-2-1-4-14(15)12-22-8-10-26-11-9-22/h1-7,13,24-25H,8-12H2. The molecular formula is C19H20N4O3. The summed E-state index contributed by atoms with van der Waals surface area (Å²) in [4.78, 5) is 2.35. The van der Waals surface area contributed by atoms with Gasteiger partial charge in [-0.2, -0.15) is 0 Å². The first-order valence-corrected chi connectivity index (χ1v) is 8.54. The van der Waals surface area contributed by atoms with Crippen molar-refractivity contribution in [3.8, 4) is 28.4 Å². The molecule has 0 aliphatic carbocycles. The van der Waals surface area contributed by atoms with Crippen LogP contribution in [0.15, 0.2) is 48.7 Å². The fraction of sp³-hybridized carbons (Fsp3) is 0.263. The van der Waals surface area contributed by atoms with Gasteiger partial charge in [-0.15, -0.1) is 5.10 Å². The maximum absolute atomic E-state index is 10.0. The minimum Gasteiger partial charge on any atom is -0.506 e. The Morgan fingerprint density at radius 3 is 2.46 bits per heavy atom. The zero-order valence-electron chi connectivity index (χ0n) is 14.2. The number of phenolic OH excluding ortho intramolecular Hbond substituents is 2. The lowest BCUT2D eigenvalue weighted by Gasteiger charge is -2.27. The predicted molar refractivity (Wildman–Crippen MR) is 96.2 cm³/mol. The largest absolute Gasteiger partial charge is 0.506 e. The molecule has 7 heteroatoms. The predicted octanol–water partition coefficient (Wildman–Crippen LogP) is 2.18. The molecule has 0 atom stereocenters. The van der Waals surface area contributed by atoms with E-state index in [1.165, 1.54) is 16.8 Å². The first-order valence-electron chi connectivity index (χ1n) is 8.54. The van der Waals surface area contributed by atoms with E-state index in [4.69, 9.17) is 4.74 Å². The van der Waals surface area contributed by atoms with E-state index < -0.39 is 0 Å². The van der Waals surface area contributed by atoms with E-state index in [1.807, 2.05) is 18.2 Å². The molecule has 7 nitrogen and oxygen atoms in total. The summed E-state index contributed by atoms with van der Waals surface area (Å²) in [6.07, 6.45) is 1.72. The Hall–Kier alpha value is -2.90. The van der Waals surface area contributed by atoms with Crippen molar-refractivity contribution in [1.82, 2.24) is 19.9 Å². The highest BCUT2D eigenvalue weighted by atomic mass is 16.5. The van der Waals surface area contributed by atoms with Crippen molar-refractivity contribution in [1.29, 1.82) is 0 Å². The third kappa shape index (κ3) is 3.26. The molecule has 0 amide bonds. The molecule has 0 spiro atoms. The van der Waals surface area contributed by atoms with Gasteiger partial charge in [-0.05, 0) is 17.7 Å². The summed E-state index contributed by atoms with van der Waals surface area (Å²) in [7, 11) is 0. The van der Waals surface area contributed by atoms with E-state index in [-0.39, 0.29) is 17.2 Å². The van der Waals surface area contributed by atoms with Crippen LogP contribution < -0.4 is 0 Å². The van der Waals surface area contributed by atoms with Gasteiger partial charge in [-0.3, -0.25) is 4.90 Å². The third-order valence-electron chi connectivity index (χ3n) is 4.51. The summed E-state index contributed by atoms with van der Waals surface area (Å²) < 4.78 is 6.81. The van der Waals surface area contributed by atoms with E-state index in [1.54, 1.807) is 12.3 Å². The van der Waals surface area contributed by atoms with Crippen LogP contribution in [0.4, 0.5) is 0 Å². The highest BCUT2D eigenvalue weighted by Gasteiger charge is 2.17. The lowest BCUT2D eigenvalue weighted by molar-refractivity contribution is 0.0342. The average molecular weight is 352 g/mol. The molecule has 1 aromatic heterocycles. The molecule has 0 radical (unpaired) electrons. The highest BCUT2D eigenvalue weighted by Crippen LogP contribution is 2.31. The zero-order chi connectivity index (χ0) is 17.9. The molecule has 0 saturated carbocycles. The van der Waals surface area contributed by atoms with Crippen LogP contribution in [0.5, 0.6) is 11.5 Å². The molecule has 1 saturated heterocycles. The summed E-state index contributed by atoms with van der Waals surface area (Å²) in [6.45, 7) is 4.14. The zero-order valence-corrected chi connectivity index (χ0v) is 14.2. The van der Waals surface area contributed by atoms with Crippen LogP contribution in [0.1, 0.15) is 5.56 Å². The van der Waals surface area contributed by atoms with E-state index in [9.17, 15) is 10.2 Å². The number of hydrogen-bond acceptors (Lipinski definition) is 6. The maximum Gasteiger partial charge on any atom is 0.150 e. The Morgan fingerprint density at radius 1 is 0.962 bits per heavy atom. The molecule has 134 valence electrons. The molecule has 0 bridgehead atoms. The van der Waals surface area contributed by atoms with Gasteiger partial charge in [0.1, 0.15) is 22.9 Å². The van der Waals surface area contributed by atoms with Crippen LogP contribution >= 0.6 is 0 Å². The quantitative estimate of drug-likeness (QED) is 0.749. The molecule has 2 N–H and O–H groups in total. The lowest BCUT2D eigenvalue weighted by atomic mass is 10.0. The van der Waals surface area contributed by atoms with Crippen molar-refractivity contribution in [2.24, 2.45) is 0 Å². The molecule has 26 heavy (non-hydrogen) atoms. The van der Waals surface area contributed by atoms with Gasteiger partial charge in [0.25, 0.3) is 0 Å². The SMILES string of the molecule is Oc1cccc(O)c1-n1cc(-c2ccccc2CN2CCOCC2)nn1. The summed E-state index contributed by atoms with van der Waals surface area (Å²) in [5.41, 5.74) is 3.05. The van der Waals surface area contributed by atoms with Crippen molar-refractivity contribution >= 4 is 0 Å². The number of morpholine rings is 1. The summed E-state index contributed by atoms with van der Waals surface area (Å²) in [5.74, 6) is -0.105. The van der Waals surface area contributed by atoms with Gasteiger partial charge in [0, 0.05) is 25.2 Å². The van der Waals surface area contributed by atoms with Crippen LogP contribution in [-0.2, 0) is 11.3 Å². The number of ether oxygens (including phenoxy) is 1. The maximum atomic E-state index is 10.0.